The number of thioether (sulfide) groups is 1. The summed E-state index contributed by atoms with van der Waals surface area (Å²) in [6.07, 6.45) is 5.53. The average Bonchev–Trinajstić information content (AvgIpc) is 1.90. The summed E-state index contributed by atoms with van der Waals surface area (Å²) in [7, 11) is 0. The smallest absolute Gasteiger partial charge is 0.114 e. The number of aryl methyl sites for hydroxylation is 1. The Labute approximate surface area is 58.7 Å². The summed E-state index contributed by atoms with van der Waals surface area (Å²) in [5.74, 6) is 0. The van der Waals surface area contributed by atoms with Crippen molar-refractivity contribution in [1.82, 2.24) is 9.97 Å². The molecule has 0 saturated carbocycles. The van der Waals surface area contributed by atoms with Crippen LogP contribution in [-0.2, 0) is 0 Å². The molecule has 1 heterocycles. The predicted octanol–water partition coefficient (Wildman–Crippen LogP) is 1.51. The van der Waals surface area contributed by atoms with Crippen molar-refractivity contribution >= 4 is 11.8 Å². The number of aromatic nitrogens is 2. The van der Waals surface area contributed by atoms with Gasteiger partial charge in [-0.05, 0) is 13.2 Å². The number of rotatable bonds is 1. The quantitative estimate of drug-likeness (QED) is 0.553. The molecule has 0 aliphatic heterocycles. The van der Waals surface area contributed by atoms with Gasteiger partial charge in [-0.3, -0.25) is 4.98 Å². The minimum absolute atomic E-state index is 0.966. The zero-order valence-corrected chi connectivity index (χ0v) is 6.27. The Bertz CT molecular complexity index is 183. The molecule has 0 amide bonds. The fraction of sp³-hybridized carbons (Fsp3) is 0.333. The van der Waals surface area contributed by atoms with Gasteiger partial charge in [0.25, 0.3) is 0 Å². The standard InChI is InChI=1S/C6H8N2S/c1-5-3-8-6(9-2)4-7-5/h3-4H,1-2H3. The lowest BCUT2D eigenvalue weighted by atomic mass is 10.5. The van der Waals surface area contributed by atoms with Gasteiger partial charge >= 0.3 is 0 Å². The summed E-state index contributed by atoms with van der Waals surface area (Å²) in [6.45, 7) is 1.93. The Morgan fingerprint density at radius 1 is 1.33 bits per heavy atom. The lowest BCUT2D eigenvalue weighted by Gasteiger charge is -1.92. The van der Waals surface area contributed by atoms with Crippen molar-refractivity contribution in [1.29, 1.82) is 0 Å². The summed E-state index contributed by atoms with van der Waals surface area (Å²) >= 11 is 1.60. The van der Waals surface area contributed by atoms with Crippen LogP contribution in [0.3, 0.4) is 0 Å². The minimum Gasteiger partial charge on any atom is -0.257 e. The third-order valence-corrected chi connectivity index (χ3v) is 1.60. The molecule has 48 valence electrons. The normalized spacial score (nSPS) is 9.56. The first-order valence-electron chi connectivity index (χ1n) is 2.65. The molecular formula is C6H8N2S. The molecule has 3 heteroatoms. The molecule has 1 aromatic heterocycles. The second-order valence-electron chi connectivity index (χ2n) is 1.70. The van der Waals surface area contributed by atoms with Crippen LogP contribution in [0.15, 0.2) is 17.4 Å². The van der Waals surface area contributed by atoms with E-state index in [-0.39, 0.29) is 0 Å². The average molecular weight is 140 g/mol. The Balaban J connectivity index is 2.88. The third-order valence-electron chi connectivity index (χ3n) is 0.966. The molecule has 0 N–H and O–H groups in total. The first-order chi connectivity index (χ1) is 4.33. The van der Waals surface area contributed by atoms with Crippen LogP contribution in [0.25, 0.3) is 0 Å². The molecule has 0 aliphatic carbocycles. The molecule has 0 fully saturated rings. The van der Waals surface area contributed by atoms with Crippen molar-refractivity contribution in [3.63, 3.8) is 0 Å². The summed E-state index contributed by atoms with van der Waals surface area (Å²) in [5, 5.41) is 0.973. The van der Waals surface area contributed by atoms with Gasteiger partial charge in [0.2, 0.25) is 0 Å². The minimum atomic E-state index is 0.966. The van der Waals surface area contributed by atoms with Crippen LogP contribution in [0.4, 0.5) is 0 Å². The van der Waals surface area contributed by atoms with E-state index in [1.807, 2.05) is 13.2 Å². The van der Waals surface area contributed by atoms with Crippen molar-refractivity contribution in [2.75, 3.05) is 6.26 Å². The summed E-state index contributed by atoms with van der Waals surface area (Å²) in [4.78, 5) is 8.16. The van der Waals surface area contributed by atoms with Gasteiger partial charge in [-0.1, -0.05) is 0 Å². The lowest BCUT2D eigenvalue weighted by Crippen LogP contribution is -1.83. The van der Waals surface area contributed by atoms with Crippen LogP contribution in [0, 0.1) is 6.92 Å². The Morgan fingerprint density at radius 2 is 2.11 bits per heavy atom. The Hall–Kier alpha value is -0.570. The maximum absolute atomic E-state index is 4.10. The third kappa shape index (κ3) is 1.68. The first-order valence-corrected chi connectivity index (χ1v) is 3.88. The Kier molecular flexibility index (Phi) is 2.05. The molecule has 0 saturated heterocycles. The van der Waals surface area contributed by atoms with Crippen LogP contribution >= 0.6 is 11.8 Å². The van der Waals surface area contributed by atoms with E-state index in [1.165, 1.54) is 0 Å². The summed E-state index contributed by atoms with van der Waals surface area (Å²) < 4.78 is 0. The molecule has 0 radical (unpaired) electrons. The van der Waals surface area contributed by atoms with Gasteiger partial charge in [-0.25, -0.2) is 4.98 Å². The fourth-order valence-electron chi connectivity index (χ4n) is 0.486. The number of hydrogen-bond donors (Lipinski definition) is 0. The first kappa shape index (κ1) is 6.55. The molecule has 1 rings (SSSR count). The van der Waals surface area contributed by atoms with Gasteiger partial charge in [-0.15, -0.1) is 11.8 Å². The van der Waals surface area contributed by atoms with Crippen molar-refractivity contribution in [3.8, 4) is 0 Å². The van der Waals surface area contributed by atoms with Gasteiger partial charge in [0.15, 0.2) is 0 Å². The maximum atomic E-state index is 4.10. The van der Waals surface area contributed by atoms with E-state index < -0.39 is 0 Å². The zero-order chi connectivity index (χ0) is 6.69. The van der Waals surface area contributed by atoms with E-state index in [9.17, 15) is 0 Å². The van der Waals surface area contributed by atoms with Crippen molar-refractivity contribution in [2.24, 2.45) is 0 Å². The second kappa shape index (κ2) is 2.82. The van der Waals surface area contributed by atoms with E-state index in [4.69, 9.17) is 0 Å². The molecule has 1 aromatic rings. The highest BCUT2D eigenvalue weighted by molar-refractivity contribution is 7.98. The van der Waals surface area contributed by atoms with Gasteiger partial charge in [0.1, 0.15) is 5.03 Å². The van der Waals surface area contributed by atoms with Crippen molar-refractivity contribution in [3.05, 3.63) is 18.1 Å². The number of hydrogen-bond acceptors (Lipinski definition) is 3. The van der Waals surface area contributed by atoms with E-state index in [0.717, 1.165) is 10.7 Å². The monoisotopic (exact) mass is 140 g/mol. The molecular weight excluding hydrogens is 132 g/mol. The molecule has 0 atom stereocenters. The van der Waals surface area contributed by atoms with E-state index in [0.29, 0.717) is 0 Å². The van der Waals surface area contributed by atoms with Crippen LogP contribution in [0.5, 0.6) is 0 Å². The van der Waals surface area contributed by atoms with Gasteiger partial charge < -0.3 is 0 Å². The van der Waals surface area contributed by atoms with Crippen LogP contribution < -0.4 is 0 Å². The molecule has 0 bridgehead atoms. The molecule has 0 aliphatic rings. The fourth-order valence-corrected chi connectivity index (χ4v) is 0.802. The highest BCUT2D eigenvalue weighted by Crippen LogP contribution is 2.07. The van der Waals surface area contributed by atoms with Crippen LogP contribution in [-0.4, -0.2) is 16.2 Å². The van der Waals surface area contributed by atoms with E-state index in [1.54, 1.807) is 24.2 Å². The number of nitrogens with zero attached hydrogens (tertiary/aromatic N) is 2. The highest BCUT2D eigenvalue weighted by atomic mass is 32.2. The molecule has 0 aromatic carbocycles. The van der Waals surface area contributed by atoms with Crippen molar-refractivity contribution in [2.45, 2.75) is 11.9 Å². The molecule has 0 spiro atoms. The van der Waals surface area contributed by atoms with Crippen LogP contribution in [0.2, 0.25) is 0 Å². The van der Waals surface area contributed by atoms with Crippen LogP contribution in [0.1, 0.15) is 5.69 Å². The zero-order valence-electron chi connectivity index (χ0n) is 5.46. The largest absolute Gasteiger partial charge is 0.257 e. The van der Waals surface area contributed by atoms with Gasteiger partial charge in [0.05, 0.1) is 11.9 Å². The van der Waals surface area contributed by atoms with Crippen molar-refractivity contribution < 1.29 is 0 Å². The Morgan fingerprint density at radius 3 is 2.56 bits per heavy atom. The molecule has 2 nitrogen and oxygen atoms in total. The molecule has 0 unspecified atom stereocenters. The van der Waals surface area contributed by atoms with E-state index >= 15 is 0 Å². The molecule has 9 heavy (non-hydrogen) atoms. The lowest BCUT2D eigenvalue weighted by molar-refractivity contribution is 1.01. The predicted molar refractivity (Wildman–Crippen MR) is 38.6 cm³/mol. The van der Waals surface area contributed by atoms with E-state index in [2.05, 4.69) is 9.97 Å². The summed E-state index contributed by atoms with van der Waals surface area (Å²) in [5.41, 5.74) is 0.966. The SMILES string of the molecule is CSc1cnc(C)cn1. The second-order valence-corrected chi connectivity index (χ2v) is 2.53. The summed E-state index contributed by atoms with van der Waals surface area (Å²) in [6, 6.07) is 0. The maximum Gasteiger partial charge on any atom is 0.114 e. The van der Waals surface area contributed by atoms with Gasteiger partial charge in [-0.2, -0.15) is 0 Å². The van der Waals surface area contributed by atoms with Gasteiger partial charge in [0, 0.05) is 6.20 Å². The topological polar surface area (TPSA) is 25.8 Å². The highest BCUT2D eigenvalue weighted by Gasteiger charge is 1.88.